The lowest BCUT2D eigenvalue weighted by molar-refractivity contribution is -0.138. The number of fused-ring (bicyclic) bond motifs is 1. The summed E-state index contributed by atoms with van der Waals surface area (Å²) in [5, 5.41) is 18.4. The maximum Gasteiger partial charge on any atom is 0.324 e. The van der Waals surface area contributed by atoms with Crippen LogP contribution in [-0.2, 0) is 4.79 Å². The second-order valence-corrected chi connectivity index (χ2v) is 4.99. The average Bonchev–Trinajstić information content (AvgIpc) is 2.84. The number of urea groups is 1. The third-order valence-corrected chi connectivity index (χ3v) is 3.72. The van der Waals surface area contributed by atoms with Gasteiger partial charge in [0.1, 0.15) is 5.92 Å². The molecule has 2 rings (SSSR count). The molecular weight excluding hydrogens is 260 g/mol. The maximum absolute atomic E-state index is 12.4. The van der Waals surface area contributed by atoms with Gasteiger partial charge in [-0.25, -0.2) is 4.79 Å². The minimum absolute atomic E-state index is 0.121. The summed E-state index contributed by atoms with van der Waals surface area (Å²) in [6.07, 6.45) is 0. The molecule has 2 unspecified atom stereocenters. The van der Waals surface area contributed by atoms with Crippen LogP contribution in [0.3, 0.4) is 0 Å². The van der Waals surface area contributed by atoms with E-state index in [1.165, 1.54) is 9.80 Å². The van der Waals surface area contributed by atoms with E-state index in [4.69, 9.17) is 5.11 Å². The van der Waals surface area contributed by atoms with Gasteiger partial charge in [0.25, 0.3) is 0 Å². The Labute approximate surface area is 117 Å². The van der Waals surface area contributed by atoms with E-state index in [0.29, 0.717) is 11.3 Å². The molecule has 1 heterocycles. The Morgan fingerprint density at radius 1 is 1.45 bits per heavy atom. The number of anilines is 1. The molecule has 2 atom stereocenters. The van der Waals surface area contributed by atoms with Crippen molar-refractivity contribution in [3.63, 3.8) is 0 Å². The zero-order valence-corrected chi connectivity index (χ0v) is 11.5. The van der Waals surface area contributed by atoms with Gasteiger partial charge >= 0.3 is 12.0 Å². The van der Waals surface area contributed by atoms with Crippen LogP contribution in [0.25, 0.3) is 0 Å². The van der Waals surface area contributed by atoms with Crippen LogP contribution in [0.4, 0.5) is 10.5 Å². The van der Waals surface area contributed by atoms with Crippen LogP contribution >= 0.6 is 0 Å². The number of hydrogen-bond donors (Lipinski definition) is 2. The molecule has 108 valence electrons. The molecule has 0 aliphatic carbocycles. The molecule has 0 saturated heterocycles. The van der Waals surface area contributed by atoms with Crippen molar-refractivity contribution in [2.24, 2.45) is 0 Å². The number of aliphatic hydroxyl groups is 1. The van der Waals surface area contributed by atoms with Crippen LogP contribution in [0.2, 0.25) is 0 Å². The van der Waals surface area contributed by atoms with Crippen molar-refractivity contribution in [1.82, 2.24) is 4.90 Å². The van der Waals surface area contributed by atoms with Gasteiger partial charge in [0.15, 0.2) is 0 Å². The predicted molar refractivity (Wildman–Crippen MR) is 73.9 cm³/mol. The summed E-state index contributed by atoms with van der Waals surface area (Å²) in [7, 11) is 1.60. The molecule has 1 aromatic rings. The number of hydrogen-bond acceptors (Lipinski definition) is 3. The Kier molecular flexibility index (Phi) is 3.94. The number of carboxylic acid groups (broad SMARTS) is 1. The van der Waals surface area contributed by atoms with Crippen LogP contribution in [0.1, 0.15) is 18.4 Å². The fraction of sp³-hybridized carbons (Fsp3) is 0.429. The molecule has 2 amide bonds. The first-order valence-electron chi connectivity index (χ1n) is 6.44. The average molecular weight is 278 g/mol. The number of likely N-dealkylation sites (N-methyl/N-ethyl adjacent to an activating group) is 1. The number of rotatable bonds is 3. The Balaban J connectivity index is 2.31. The zero-order chi connectivity index (χ0) is 14.9. The summed E-state index contributed by atoms with van der Waals surface area (Å²) < 4.78 is 0. The number of carboxylic acids is 1. The van der Waals surface area contributed by atoms with E-state index < -0.39 is 11.9 Å². The van der Waals surface area contributed by atoms with Gasteiger partial charge in [-0.3, -0.25) is 9.69 Å². The lowest BCUT2D eigenvalue weighted by Gasteiger charge is -2.29. The van der Waals surface area contributed by atoms with Crippen LogP contribution in [0.15, 0.2) is 24.3 Å². The summed E-state index contributed by atoms with van der Waals surface area (Å²) in [5.74, 6) is -1.64. The number of benzene rings is 1. The Bertz CT molecular complexity index is 532. The summed E-state index contributed by atoms with van der Waals surface area (Å²) in [6.45, 7) is 1.71. The van der Waals surface area contributed by atoms with E-state index in [2.05, 4.69) is 0 Å². The maximum atomic E-state index is 12.4. The number of carbonyl (C=O) groups excluding carboxylic acids is 1. The standard InChI is InChI=1S/C14H18N2O4/c1-9(8-17)15(2)14(20)16-7-11(13(18)19)10-5-3-4-6-12(10)16/h3-6,9,11,17H,7-8H2,1-2H3,(H,18,19). The second kappa shape index (κ2) is 5.50. The molecule has 0 saturated carbocycles. The summed E-state index contributed by atoms with van der Waals surface area (Å²) in [4.78, 5) is 26.6. The topological polar surface area (TPSA) is 81.1 Å². The molecule has 1 aliphatic rings. The quantitative estimate of drug-likeness (QED) is 0.867. The van der Waals surface area contributed by atoms with Gasteiger partial charge in [-0.05, 0) is 18.6 Å². The van der Waals surface area contributed by atoms with Crippen LogP contribution in [0, 0.1) is 0 Å². The molecule has 2 N–H and O–H groups in total. The smallest absolute Gasteiger partial charge is 0.324 e. The molecule has 0 bridgehead atoms. The second-order valence-electron chi connectivity index (χ2n) is 4.99. The lowest BCUT2D eigenvalue weighted by atomic mass is 10.0. The van der Waals surface area contributed by atoms with Gasteiger partial charge in [0.05, 0.1) is 12.6 Å². The van der Waals surface area contributed by atoms with Crippen molar-refractivity contribution in [3.8, 4) is 0 Å². The number of aliphatic carboxylic acids is 1. The Morgan fingerprint density at radius 3 is 2.70 bits per heavy atom. The first kappa shape index (κ1) is 14.3. The van der Waals surface area contributed by atoms with E-state index >= 15 is 0 Å². The predicted octanol–water partition coefficient (Wildman–Crippen LogP) is 1.11. The highest BCUT2D eigenvalue weighted by Crippen LogP contribution is 2.36. The van der Waals surface area contributed by atoms with Gasteiger partial charge in [-0.2, -0.15) is 0 Å². The number of para-hydroxylation sites is 1. The minimum atomic E-state index is -0.939. The lowest BCUT2D eigenvalue weighted by Crippen LogP contribution is -2.46. The minimum Gasteiger partial charge on any atom is -0.481 e. The molecule has 6 nitrogen and oxygen atoms in total. The van der Waals surface area contributed by atoms with Gasteiger partial charge in [-0.15, -0.1) is 0 Å². The van der Waals surface area contributed by atoms with Gasteiger partial charge in [0, 0.05) is 19.3 Å². The SMILES string of the molecule is CC(CO)N(C)C(=O)N1CC(C(=O)O)c2ccccc21. The molecule has 0 spiro atoms. The highest BCUT2D eigenvalue weighted by molar-refractivity contribution is 5.98. The molecule has 0 fully saturated rings. The number of aliphatic hydroxyl groups excluding tert-OH is 1. The molecule has 1 aliphatic heterocycles. The normalized spacial score (nSPS) is 18.6. The molecule has 1 aromatic carbocycles. The summed E-state index contributed by atoms with van der Waals surface area (Å²) in [5.41, 5.74) is 1.28. The summed E-state index contributed by atoms with van der Waals surface area (Å²) in [6, 6.07) is 6.40. The van der Waals surface area contributed by atoms with Crippen LogP contribution < -0.4 is 4.90 Å². The molecular formula is C14H18N2O4. The largest absolute Gasteiger partial charge is 0.481 e. The number of carbonyl (C=O) groups is 2. The van der Waals surface area contributed by atoms with Gasteiger partial charge in [0.2, 0.25) is 0 Å². The fourth-order valence-electron chi connectivity index (χ4n) is 2.30. The third kappa shape index (κ3) is 2.34. The van der Waals surface area contributed by atoms with E-state index in [-0.39, 0.29) is 25.2 Å². The Morgan fingerprint density at radius 2 is 2.10 bits per heavy atom. The number of amides is 2. The van der Waals surface area contributed by atoms with Crippen molar-refractivity contribution in [3.05, 3.63) is 29.8 Å². The van der Waals surface area contributed by atoms with Crippen molar-refractivity contribution >= 4 is 17.7 Å². The highest BCUT2D eigenvalue weighted by Gasteiger charge is 2.37. The van der Waals surface area contributed by atoms with Crippen LogP contribution in [0.5, 0.6) is 0 Å². The van der Waals surface area contributed by atoms with Crippen LogP contribution in [-0.4, -0.2) is 53.4 Å². The van der Waals surface area contributed by atoms with Crippen molar-refractivity contribution in [2.45, 2.75) is 18.9 Å². The van der Waals surface area contributed by atoms with E-state index in [0.717, 1.165) is 0 Å². The van der Waals surface area contributed by atoms with E-state index in [1.807, 2.05) is 0 Å². The molecule has 0 radical (unpaired) electrons. The van der Waals surface area contributed by atoms with Gasteiger partial charge < -0.3 is 15.1 Å². The zero-order valence-electron chi connectivity index (χ0n) is 11.5. The first-order chi connectivity index (χ1) is 9.47. The molecule has 20 heavy (non-hydrogen) atoms. The van der Waals surface area contributed by atoms with E-state index in [9.17, 15) is 14.7 Å². The van der Waals surface area contributed by atoms with Crippen molar-refractivity contribution in [1.29, 1.82) is 0 Å². The Hall–Kier alpha value is -2.08. The third-order valence-electron chi connectivity index (χ3n) is 3.72. The fourth-order valence-corrected chi connectivity index (χ4v) is 2.30. The first-order valence-corrected chi connectivity index (χ1v) is 6.44. The van der Waals surface area contributed by atoms with Crippen molar-refractivity contribution < 1.29 is 19.8 Å². The van der Waals surface area contributed by atoms with Crippen molar-refractivity contribution in [2.75, 3.05) is 25.1 Å². The van der Waals surface area contributed by atoms with Gasteiger partial charge in [-0.1, -0.05) is 18.2 Å². The number of nitrogens with zero attached hydrogens (tertiary/aromatic N) is 2. The van der Waals surface area contributed by atoms with E-state index in [1.54, 1.807) is 38.2 Å². The molecule has 0 aromatic heterocycles. The summed E-state index contributed by atoms with van der Waals surface area (Å²) >= 11 is 0. The monoisotopic (exact) mass is 278 g/mol. The molecule has 6 heteroatoms. The highest BCUT2D eigenvalue weighted by atomic mass is 16.4.